The third-order valence-corrected chi connectivity index (χ3v) is 4.78. The van der Waals surface area contributed by atoms with Gasteiger partial charge in [0.1, 0.15) is 11.7 Å². The lowest BCUT2D eigenvalue weighted by Gasteiger charge is -2.45. The number of hydrogen-bond acceptors (Lipinski definition) is 5. The van der Waals surface area contributed by atoms with Crippen LogP contribution in [0.2, 0.25) is 0 Å². The van der Waals surface area contributed by atoms with Gasteiger partial charge < -0.3 is 25.6 Å². The highest BCUT2D eigenvalue weighted by Crippen LogP contribution is 2.45. The third kappa shape index (κ3) is 3.63. The minimum absolute atomic E-state index is 0.0392. The number of phenols is 1. The molecule has 1 aliphatic rings. The smallest absolute Gasteiger partial charge is 0.437 e. The van der Waals surface area contributed by atoms with Gasteiger partial charge in [0.05, 0.1) is 13.2 Å². The van der Waals surface area contributed by atoms with E-state index in [4.69, 9.17) is 4.74 Å². The number of nitrogens with one attached hydrogen (secondary N) is 2. The standard InChI is InChI=1S/C19H16F4N2O5/c1-30-13-8-10(4-7-12(13)26)15-14(16(27)9-2-5-11(20)6-3-9)18(29,19(21,22)23)25-17(28)24-15/h2-8,14-15,26,29H,1H3,(H2,24,25,28)/t14-,15+,18-/m0/s1. The lowest BCUT2D eigenvalue weighted by atomic mass is 9.77. The van der Waals surface area contributed by atoms with E-state index < -0.39 is 41.5 Å². The van der Waals surface area contributed by atoms with Crippen molar-refractivity contribution in [1.82, 2.24) is 10.6 Å². The maximum atomic E-state index is 13.8. The summed E-state index contributed by atoms with van der Waals surface area (Å²) in [5.74, 6) is -4.64. The summed E-state index contributed by atoms with van der Waals surface area (Å²) >= 11 is 0. The van der Waals surface area contributed by atoms with Crippen LogP contribution >= 0.6 is 0 Å². The van der Waals surface area contributed by atoms with Crippen molar-refractivity contribution in [3.8, 4) is 11.5 Å². The van der Waals surface area contributed by atoms with E-state index in [0.717, 1.165) is 36.4 Å². The van der Waals surface area contributed by atoms with Crippen molar-refractivity contribution in [1.29, 1.82) is 0 Å². The van der Waals surface area contributed by atoms with Crippen LogP contribution in [-0.2, 0) is 0 Å². The van der Waals surface area contributed by atoms with Gasteiger partial charge in [-0.05, 0) is 42.0 Å². The van der Waals surface area contributed by atoms with Gasteiger partial charge in [0, 0.05) is 5.56 Å². The van der Waals surface area contributed by atoms with Gasteiger partial charge >= 0.3 is 12.2 Å². The van der Waals surface area contributed by atoms with E-state index in [-0.39, 0.29) is 22.6 Å². The second-order valence-electron chi connectivity index (χ2n) is 6.62. The monoisotopic (exact) mass is 428 g/mol. The fraction of sp³-hybridized carbons (Fsp3) is 0.263. The molecule has 0 radical (unpaired) electrons. The first-order chi connectivity index (χ1) is 14.0. The van der Waals surface area contributed by atoms with Crippen molar-refractivity contribution >= 4 is 11.8 Å². The maximum Gasteiger partial charge on any atom is 0.437 e. The van der Waals surface area contributed by atoms with Crippen LogP contribution in [0.1, 0.15) is 22.0 Å². The van der Waals surface area contributed by atoms with E-state index >= 15 is 0 Å². The first kappa shape index (κ1) is 21.4. The van der Waals surface area contributed by atoms with Crippen molar-refractivity contribution in [3.05, 3.63) is 59.4 Å². The number of hydrogen-bond donors (Lipinski definition) is 4. The number of urea groups is 1. The van der Waals surface area contributed by atoms with Crippen molar-refractivity contribution < 1.29 is 42.1 Å². The number of aromatic hydroxyl groups is 1. The van der Waals surface area contributed by atoms with Crippen LogP contribution in [0.4, 0.5) is 22.4 Å². The molecule has 7 nitrogen and oxygen atoms in total. The molecule has 0 aliphatic carbocycles. The molecule has 0 spiro atoms. The lowest BCUT2D eigenvalue weighted by Crippen LogP contribution is -2.72. The zero-order valence-electron chi connectivity index (χ0n) is 15.3. The van der Waals surface area contributed by atoms with Crippen LogP contribution < -0.4 is 15.4 Å². The number of alkyl halides is 3. The average molecular weight is 428 g/mol. The largest absolute Gasteiger partial charge is 0.504 e. The Morgan fingerprint density at radius 3 is 2.37 bits per heavy atom. The van der Waals surface area contributed by atoms with Crippen molar-refractivity contribution in [3.63, 3.8) is 0 Å². The Hall–Kier alpha value is -3.34. The van der Waals surface area contributed by atoms with Gasteiger partial charge in [-0.3, -0.25) is 4.79 Å². The number of phenolic OH excluding ortho intramolecular Hbond substituents is 1. The number of ether oxygens (including phenoxy) is 1. The predicted octanol–water partition coefficient (Wildman–Crippen LogP) is 2.64. The molecular formula is C19H16F4N2O5. The maximum absolute atomic E-state index is 13.8. The Labute approximate surface area is 167 Å². The van der Waals surface area contributed by atoms with Crippen molar-refractivity contribution in [2.75, 3.05) is 7.11 Å². The summed E-state index contributed by atoms with van der Waals surface area (Å²) < 4.78 is 59.6. The molecule has 1 aliphatic heterocycles. The van der Waals surface area contributed by atoms with Gasteiger partial charge in [0.2, 0.25) is 5.72 Å². The van der Waals surface area contributed by atoms with Gasteiger partial charge in [-0.1, -0.05) is 6.07 Å². The fourth-order valence-corrected chi connectivity index (χ4v) is 3.30. The average Bonchev–Trinajstić information content (AvgIpc) is 2.67. The molecule has 2 aromatic rings. The van der Waals surface area contributed by atoms with E-state index in [1.165, 1.54) is 18.5 Å². The first-order valence-electron chi connectivity index (χ1n) is 8.52. The third-order valence-electron chi connectivity index (χ3n) is 4.78. The quantitative estimate of drug-likeness (QED) is 0.443. The number of halogens is 4. The van der Waals surface area contributed by atoms with Gasteiger partial charge in [-0.15, -0.1) is 0 Å². The van der Waals surface area contributed by atoms with E-state index in [9.17, 15) is 37.4 Å². The molecule has 3 rings (SSSR count). The van der Waals surface area contributed by atoms with Crippen LogP contribution in [0, 0.1) is 11.7 Å². The minimum Gasteiger partial charge on any atom is -0.504 e. The number of ketones is 1. The highest BCUT2D eigenvalue weighted by molar-refractivity contribution is 6.00. The molecule has 160 valence electrons. The number of Topliss-reactive ketones (excluding diaryl/α,β-unsaturated/α-hetero) is 1. The molecule has 11 heteroatoms. The molecule has 0 bridgehead atoms. The Balaban J connectivity index is 2.18. The summed E-state index contributed by atoms with van der Waals surface area (Å²) in [6.07, 6.45) is -5.43. The molecule has 4 N–H and O–H groups in total. The summed E-state index contributed by atoms with van der Waals surface area (Å²) in [5.41, 5.74) is -4.27. The van der Waals surface area contributed by atoms with E-state index in [1.54, 1.807) is 0 Å². The van der Waals surface area contributed by atoms with Gasteiger partial charge in [0.15, 0.2) is 17.3 Å². The van der Waals surface area contributed by atoms with Crippen molar-refractivity contribution in [2.24, 2.45) is 5.92 Å². The molecular weight excluding hydrogens is 412 g/mol. The van der Waals surface area contributed by atoms with Gasteiger partial charge in [-0.25, -0.2) is 9.18 Å². The molecule has 1 heterocycles. The number of benzene rings is 2. The molecule has 1 saturated heterocycles. The number of rotatable bonds is 4. The highest BCUT2D eigenvalue weighted by Gasteiger charge is 2.66. The normalized spacial score (nSPS) is 24.0. The molecule has 2 aromatic carbocycles. The number of carbonyl (C=O) groups is 2. The molecule has 2 amide bonds. The summed E-state index contributed by atoms with van der Waals surface area (Å²) in [7, 11) is 1.20. The topological polar surface area (TPSA) is 108 Å². The number of amides is 2. The molecule has 0 unspecified atom stereocenters. The fourth-order valence-electron chi connectivity index (χ4n) is 3.30. The van der Waals surface area contributed by atoms with E-state index in [1.807, 2.05) is 0 Å². The van der Waals surface area contributed by atoms with Gasteiger partial charge in [-0.2, -0.15) is 13.2 Å². The molecule has 0 aromatic heterocycles. The van der Waals surface area contributed by atoms with Crippen LogP contribution in [0.15, 0.2) is 42.5 Å². The molecule has 1 fully saturated rings. The summed E-state index contributed by atoms with van der Waals surface area (Å²) in [5, 5.41) is 23.8. The SMILES string of the molecule is COc1cc([C@H]2NC(=O)N[C@@](O)(C(F)(F)F)[C@@H]2C(=O)c2ccc(F)cc2)ccc1O. The number of methoxy groups -OCH3 is 1. The molecule has 3 atom stereocenters. The summed E-state index contributed by atoms with van der Waals surface area (Å²) in [6, 6.07) is 4.10. The first-order valence-corrected chi connectivity index (χ1v) is 8.52. The minimum atomic E-state index is -5.43. The van der Waals surface area contributed by atoms with E-state index in [2.05, 4.69) is 5.32 Å². The second-order valence-corrected chi connectivity index (χ2v) is 6.62. The summed E-state index contributed by atoms with van der Waals surface area (Å²) in [4.78, 5) is 25.0. The number of carbonyl (C=O) groups excluding carboxylic acids is 2. The predicted molar refractivity (Wildman–Crippen MR) is 94.3 cm³/mol. The van der Waals surface area contributed by atoms with Crippen molar-refractivity contribution in [2.45, 2.75) is 17.9 Å². The van der Waals surface area contributed by atoms with Crippen LogP contribution in [0.25, 0.3) is 0 Å². The molecule has 0 saturated carbocycles. The zero-order chi connectivity index (χ0) is 22.3. The van der Waals surface area contributed by atoms with Crippen LogP contribution in [0.5, 0.6) is 11.5 Å². The Kier molecular flexibility index (Phi) is 5.33. The Bertz CT molecular complexity index is 980. The van der Waals surface area contributed by atoms with E-state index in [0.29, 0.717) is 0 Å². The molecule has 30 heavy (non-hydrogen) atoms. The second kappa shape index (κ2) is 7.48. The Morgan fingerprint density at radius 1 is 1.17 bits per heavy atom. The van der Waals surface area contributed by atoms with Crippen LogP contribution in [0.3, 0.4) is 0 Å². The van der Waals surface area contributed by atoms with Crippen LogP contribution in [-0.4, -0.2) is 41.0 Å². The number of aliphatic hydroxyl groups is 1. The lowest BCUT2D eigenvalue weighted by molar-refractivity contribution is -0.287. The summed E-state index contributed by atoms with van der Waals surface area (Å²) in [6.45, 7) is 0. The highest BCUT2D eigenvalue weighted by atomic mass is 19.4. The Morgan fingerprint density at radius 2 is 1.80 bits per heavy atom. The van der Waals surface area contributed by atoms with Gasteiger partial charge in [0.25, 0.3) is 0 Å². The zero-order valence-corrected chi connectivity index (χ0v) is 15.3.